The first-order valence-electron chi connectivity index (χ1n) is 10.3. The summed E-state index contributed by atoms with van der Waals surface area (Å²) in [6.07, 6.45) is -0.635. The van der Waals surface area contributed by atoms with E-state index in [9.17, 15) is 9.59 Å². The fourth-order valence-corrected chi connectivity index (χ4v) is 3.53. The van der Waals surface area contributed by atoms with Gasteiger partial charge in [0.2, 0.25) is 0 Å². The Labute approximate surface area is 184 Å². The van der Waals surface area contributed by atoms with E-state index in [0.717, 1.165) is 33.0 Å². The third kappa shape index (κ3) is 5.26. The van der Waals surface area contributed by atoms with Crippen molar-refractivity contribution in [2.45, 2.75) is 46.8 Å². The van der Waals surface area contributed by atoms with Crippen LogP contribution in [0, 0.1) is 6.92 Å². The Morgan fingerprint density at radius 3 is 2.35 bits per heavy atom. The highest BCUT2D eigenvalue weighted by Gasteiger charge is 2.35. The van der Waals surface area contributed by atoms with Crippen LogP contribution < -0.4 is 4.74 Å². The summed E-state index contributed by atoms with van der Waals surface area (Å²) in [5.41, 5.74) is 3.66. The van der Waals surface area contributed by atoms with Crippen LogP contribution in [0.25, 0.3) is 5.70 Å². The number of amides is 2. The van der Waals surface area contributed by atoms with Gasteiger partial charge in [-0.3, -0.25) is 4.79 Å². The van der Waals surface area contributed by atoms with Gasteiger partial charge in [0.15, 0.2) is 0 Å². The van der Waals surface area contributed by atoms with Gasteiger partial charge in [-0.1, -0.05) is 30.3 Å². The average molecular weight is 423 g/mol. The van der Waals surface area contributed by atoms with Crippen molar-refractivity contribution in [1.29, 1.82) is 0 Å². The molecular weight excluding hydrogens is 392 g/mol. The monoisotopic (exact) mass is 422 g/mol. The Morgan fingerprint density at radius 2 is 1.74 bits per heavy atom. The lowest BCUT2D eigenvalue weighted by Gasteiger charge is -2.37. The fraction of sp³-hybridized carbons (Fsp3) is 0.360. The van der Waals surface area contributed by atoms with Gasteiger partial charge in [-0.25, -0.2) is 9.69 Å². The van der Waals surface area contributed by atoms with Gasteiger partial charge in [0.1, 0.15) is 24.6 Å². The highest BCUT2D eigenvalue weighted by atomic mass is 16.6. The van der Waals surface area contributed by atoms with Crippen molar-refractivity contribution < 1.29 is 19.1 Å². The van der Waals surface area contributed by atoms with Gasteiger partial charge in [0.25, 0.3) is 5.91 Å². The predicted molar refractivity (Wildman–Crippen MR) is 120 cm³/mol. The van der Waals surface area contributed by atoms with Gasteiger partial charge in [-0.15, -0.1) is 0 Å². The Morgan fingerprint density at radius 1 is 1.06 bits per heavy atom. The van der Waals surface area contributed by atoms with E-state index in [1.54, 1.807) is 27.7 Å². The lowest BCUT2D eigenvalue weighted by molar-refractivity contribution is -0.128. The number of benzene rings is 2. The molecule has 1 aliphatic rings. The number of nitrogens with zero attached hydrogens (tertiary/aromatic N) is 2. The van der Waals surface area contributed by atoms with Crippen LogP contribution in [-0.4, -0.2) is 41.1 Å². The van der Waals surface area contributed by atoms with Crippen molar-refractivity contribution in [1.82, 2.24) is 9.80 Å². The molecule has 3 rings (SSSR count). The molecule has 0 unspecified atom stereocenters. The van der Waals surface area contributed by atoms with E-state index in [1.807, 2.05) is 67.4 Å². The molecule has 0 saturated carbocycles. The molecule has 2 amide bonds. The first kappa shape index (κ1) is 22.4. The van der Waals surface area contributed by atoms with E-state index in [2.05, 4.69) is 0 Å². The fourth-order valence-electron chi connectivity index (χ4n) is 3.53. The van der Waals surface area contributed by atoms with Crippen molar-refractivity contribution in [3.63, 3.8) is 0 Å². The van der Waals surface area contributed by atoms with Crippen molar-refractivity contribution in [3.05, 3.63) is 70.8 Å². The molecule has 0 aromatic heterocycles. The minimum atomic E-state index is -0.667. The third-order valence-electron chi connectivity index (χ3n) is 4.97. The van der Waals surface area contributed by atoms with Gasteiger partial charge in [-0.2, -0.15) is 0 Å². The zero-order valence-electron chi connectivity index (χ0n) is 19.1. The number of ether oxygens (including phenoxy) is 2. The number of rotatable bonds is 4. The highest BCUT2D eigenvalue weighted by molar-refractivity contribution is 6.08. The van der Waals surface area contributed by atoms with Crippen LogP contribution in [0.15, 0.2) is 54.1 Å². The standard InChI is InChI=1S/C25H30N2O4/c1-17-14-20(30-15-19-10-8-7-9-11-19)12-13-21(17)22-18(2)23(28)27(16-26(22)6)24(29)31-25(3,4)5/h7-14H,15-16H2,1-6H3. The van der Waals surface area contributed by atoms with Gasteiger partial charge >= 0.3 is 6.09 Å². The summed E-state index contributed by atoms with van der Waals surface area (Å²) in [5, 5.41) is 0. The molecule has 0 fully saturated rings. The summed E-state index contributed by atoms with van der Waals surface area (Å²) in [7, 11) is 1.86. The molecule has 0 radical (unpaired) electrons. The minimum absolute atomic E-state index is 0.131. The number of carbonyl (C=O) groups is 2. The molecule has 31 heavy (non-hydrogen) atoms. The molecule has 0 spiro atoms. The predicted octanol–water partition coefficient (Wildman–Crippen LogP) is 4.97. The van der Waals surface area contributed by atoms with E-state index in [0.29, 0.717) is 12.2 Å². The van der Waals surface area contributed by atoms with Gasteiger partial charge in [-0.05, 0) is 63.9 Å². The van der Waals surface area contributed by atoms with Gasteiger partial charge in [0.05, 0.1) is 5.70 Å². The smallest absolute Gasteiger partial charge is 0.418 e. The van der Waals surface area contributed by atoms with E-state index in [-0.39, 0.29) is 12.6 Å². The Kier molecular flexibility index (Phi) is 6.39. The van der Waals surface area contributed by atoms with Crippen LogP contribution in [0.1, 0.15) is 44.4 Å². The normalized spacial score (nSPS) is 14.7. The second-order valence-corrected chi connectivity index (χ2v) is 8.78. The largest absolute Gasteiger partial charge is 0.489 e. The maximum atomic E-state index is 12.9. The summed E-state index contributed by atoms with van der Waals surface area (Å²) >= 11 is 0. The SMILES string of the molecule is CC1=C(c2ccc(OCc3ccccc3)cc2C)N(C)CN(C(=O)OC(C)(C)C)C1=O. The lowest BCUT2D eigenvalue weighted by Crippen LogP contribution is -2.49. The Hall–Kier alpha value is -3.28. The van der Waals surface area contributed by atoms with Crippen molar-refractivity contribution in [2.75, 3.05) is 13.7 Å². The molecule has 0 aliphatic carbocycles. The zero-order valence-corrected chi connectivity index (χ0v) is 19.1. The van der Waals surface area contributed by atoms with Crippen LogP contribution >= 0.6 is 0 Å². The molecule has 1 heterocycles. The molecule has 0 bridgehead atoms. The number of hydrogen-bond acceptors (Lipinski definition) is 5. The molecule has 6 nitrogen and oxygen atoms in total. The van der Waals surface area contributed by atoms with Crippen molar-refractivity contribution in [2.24, 2.45) is 0 Å². The summed E-state index contributed by atoms with van der Waals surface area (Å²) in [4.78, 5) is 28.4. The van der Waals surface area contributed by atoms with Crippen molar-refractivity contribution in [3.8, 4) is 5.75 Å². The second kappa shape index (κ2) is 8.84. The minimum Gasteiger partial charge on any atom is -0.489 e. The highest BCUT2D eigenvalue weighted by Crippen LogP contribution is 2.32. The molecule has 6 heteroatoms. The first-order valence-corrected chi connectivity index (χ1v) is 10.3. The number of hydrogen-bond donors (Lipinski definition) is 0. The molecule has 0 saturated heterocycles. The molecule has 0 atom stereocenters. The molecule has 2 aromatic rings. The summed E-state index contributed by atoms with van der Waals surface area (Å²) in [6.45, 7) is 9.69. The third-order valence-corrected chi connectivity index (χ3v) is 4.97. The average Bonchev–Trinajstić information content (AvgIpc) is 2.70. The zero-order chi connectivity index (χ0) is 22.8. The van der Waals surface area contributed by atoms with Crippen molar-refractivity contribution >= 4 is 17.7 Å². The second-order valence-electron chi connectivity index (χ2n) is 8.78. The molecule has 0 N–H and O–H groups in total. The van der Waals surface area contributed by atoms with Crippen LogP contribution in [0.4, 0.5) is 4.79 Å². The van der Waals surface area contributed by atoms with E-state index < -0.39 is 11.7 Å². The molecule has 1 aliphatic heterocycles. The number of carbonyl (C=O) groups excluding carboxylic acids is 2. The van der Waals surface area contributed by atoms with Crippen LogP contribution in [0.2, 0.25) is 0 Å². The van der Waals surface area contributed by atoms with Crippen LogP contribution in [-0.2, 0) is 16.1 Å². The summed E-state index contributed by atoms with van der Waals surface area (Å²) < 4.78 is 11.3. The first-order chi connectivity index (χ1) is 14.6. The Bertz CT molecular complexity index is 1010. The summed E-state index contributed by atoms with van der Waals surface area (Å²) in [5.74, 6) is 0.426. The van der Waals surface area contributed by atoms with E-state index in [4.69, 9.17) is 9.47 Å². The topological polar surface area (TPSA) is 59.1 Å². The maximum Gasteiger partial charge on any atom is 0.418 e. The maximum absolute atomic E-state index is 12.9. The Balaban J connectivity index is 1.81. The van der Waals surface area contributed by atoms with Gasteiger partial charge < -0.3 is 14.4 Å². The van der Waals surface area contributed by atoms with E-state index in [1.165, 1.54) is 0 Å². The molecule has 2 aromatic carbocycles. The van der Waals surface area contributed by atoms with Crippen LogP contribution in [0.3, 0.4) is 0 Å². The lowest BCUT2D eigenvalue weighted by atomic mass is 9.99. The molecular formula is C25H30N2O4. The quantitative estimate of drug-likeness (QED) is 0.696. The molecule has 164 valence electrons. The number of imide groups is 1. The van der Waals surface area contributed by atoms with Crippen LogP contribution in [0.5, 0.6) is 5.75 Å². The number of aryl methyl sites for hydroxylation is 1. The van der Waals surface area contributed by atoms with E-state index >= 15 is 0 Å². The van der Waals surface area contributed by atoms with Gasteiger partial charge in [0, 0.05) is 18.2 Å². The summed E-state index contributed by atoms with van der Waals surface area (Å²) in [6, 6.07) is 15.8.